The number of halogens is 3. The maximum Gasteiger partial charge on any atom is 0.416 e. The molecule has 25 heavy (non-hydrogen) atoms. The number of anilines is 2. The van der Waals surface area contributed by atoms with Gasteiger partial charge in [-0.3, -0.25) is 0 Å². The van der Waals surface area contributed by atoms with Crippen molar-refractivity contribution in [3.05, 3.63) is 64.7 Å². The van der Waals surface area contributed by atoms with E-state index >= 15 is 0 Å². The van der Waals surface area contributed by atoms with E-state index in [1.165, 1.54) is 23.1 Å². The molecule has 3 rings (SSSR count). The molecular formula is C17H11F3N2O2S. The quantitative estimate of drug-likeness (QED) is 0.757. The molecule has 0 saturated carbocycles. The Hall–Kier alpha value is -2.79. The number of nitrogens with zero attached hydrogens (tertiary/aromatic N) is 2. The minimum atomic E-state index is -4.53. The fourth-order valence-electron chi connectivity index (χ4n) is 2.55. The van der Waals surface area contributed by atoms with Gasteiger partial charge in [0.25, 0.3) is 0 Å². The first-order valence-corrected chi connectivity index (χ1v) is 8.57. The van der Waals surface area contributed by atoms with E-state index in [2.05, 4.69) is 0 Å². The Balaban J connectivity index is 2.27. The Morgan fingerprint density at radius 3 is 2.48 bits per heavy atom. The molecule has 2 aromatic rings. The smallest absolute Gasteiger partial charge is 0.314 e. The van der Waals surface area contributed by atoms with Crippen LogP contribution in [0, 0.1) is 18.3 Å². The molecule has 1 aliphatic heterocycles. The van der Waals surface area contributed by atoms with Crippen molar-refractivity contribution >= 4 is 21.2 Å². The molecular weight excluding hydrogens is 353 g/mol. The molecule has 0 spiro atoms. The maximum absolute atomic E-state index is 13.0. The molecule has 0 saturated heterocycles. The molecule has 0 fully saturated rings. The highest BCUT2D eigenvalue weighted by Crippen LogP contribution is 2.41. The maximum atomic E-state index is 13.0. The van der Waals surface area contributed by atoms with Crippen molar-refractivity contribution in [2.75, 3.05) is 4.90 Å². The highest BCUT2D eigenvalue weighted by Gasteiger charge is 2.34. The number of allylic oxidation sites excluding steroid dienone is 1. The van der Waals surface area contributed by atoms with Crippen molar-refractivity contribution < 1.29 is 21.6 Å². The summed E-state index contributed by atoms with van der Waals surface area (Å²) in [6, 6.07) is 10.6. The van der Waals surface area contributed by atoms with Crippen molar-refractivity contribution in [1.82, 2.24) is 0 Å². The summed E-state index contributed by atoms with van der Waals surface area (Å²) in [5.74, 6) is 0. The molecule has 0 aromatic heterocycles. The van der Waals surface area contributed by atoms with Crippen molar-refractivity contribution in [2.24, 2.45) is 0 Å². The Morgan fingerprint density at radius 2 is 1.84 bits per heavy atom. The number of fused-ring (bicyclic) bond motifs is 1. The number of aryl methyl sites for hydroxylation is 1. The predicted octanol–water partition coefficient (Wildman–Crippen LogP) is 4.30. The molecule has 0 N–H and O–H groups in total. The number of alkyl halides is 3. The van der Waals surface area contributed by atoms with Crippen LogP contribution < -0.4 is 4.90 Å². The summed E-state index contributed by atoms with van der Waals surface area (Å²) in [4.78, 5) is 0.646. The summed E-state index contributed by atoms with van der Waals surface area (Å²) in [6.07, 6.45) is -3.48. The van der Waals surface area contributed by atoms with Gasteiger partial charge in [0, 0.05) is 11.9 Å². The third-order valence-electron chi connectivity index (χ3n) is 3.76. The minimum Gasteiger partial charge on any atom is -0.314 e. The van der Waals surface area contributed by atoms with Gasteiger partial charge in [-0.15, -0.1) is 0 Å². The van der Waals surface area contributed by atoms with Gasteiger partial charge in [-0.1, -0.05) is 12.1 Å². The predicted molar refractivity (Wildman–Crippen MR) is 85.6 cm³/mol. The van der Waals surface area contributed by atoms with Gasteiger partial charge in [-0.05, 0) is 42.8 Å². The van der Waals surface area contributed by atoms with Crippen LogP contribution in [0.1, 0.15) is 11.1 Å². The topological polar surface area (TPSA) is 61.2 Å². The molecule has 8 heteroatoms. The lowest BCUT2D eigenvalue weighted by molar-refractivity contribution is -0.137. The van der Waals surface area contributed by atoms with E-state index < -0.39 is 26.5 Å². The molecule has 0 bridgehead atoms. The minimum absolute atomic E-state index is 0.115. The van der Waals surface area contributed by atoms with Crippen LogP contribution in [0.2, 0.25) is 0 Å². The number of sulfone groups is 1. The monoisotopic (exact) mass is 364 g/mol. The Kier molecular flexibility index (Phi) is 3.84. The first kappa shape index (κ1) is 17.0. The Labute approximate surface area is 142 Å². The van der Waals surface area contributed by atoms with Crippen LogP contribution in [0.15, 0.2) is 58.5 Å². The molecule has 2 aromatic carbocycles. The van der Waals surface area contributed by atoms with E-state index in [1.54, 1.807) is 25.1 Å². The molecule has 0 aliphatic carbocycles. The SMILES string of the molecule is Cc1ccc2c(c1)N(c1cccc(C(F)(F)F)c1)C=C(C#N)S2(=O)=O. The van der Waals surface area contributed by atoms with Gasteiger partial charge in [-0.25, -0.2) is 8.42 Å². The molecule has 4 nitrogen and oxygen atoms in total. The van der Waals surface area contributed by atoms with Gasteiger partial charge in [0.2, 0.25) is 9.84 Å². The molecule has 0 amide bonds. The lowest BCUT2D eigenvalue weighted by atomic mass is 10.1. The number of hydrogen-bond acceptors (Lipinski definition) is 4. The van der Waals surface area contributed by atoms with Gasteiger partial charge in [-0.2, -0.15) is 18.4 Å². The average molecular weight is 364 g/mol. The van der Waals surface area contributed by atoms with E-state index in [4.69, 9.17) is 5.26 Å². The van der Waals surface area contributed by atoms with Gasteiger partial charge >= 0.3 is 6.18 Å². The van der Waals surface area contributed by atoms with Gasteiger partial charge in [0.15, 0.2) is 4.91 Å². The Morgan fingerprint density at radius 1 is 1.12 bits per heavy atom. The zero-order valence-corrected chi connectivity index (χ0v) is 13.7. The van der Waals surface area contributed by atoms with Gasteiger partial charge in [0.1, 0.15) is 6.07 Å². The highest BCUT2D eigenvalue weighted by atomic mass is 32.2. The van der Waals surface area contributed by atoms with Crippen molar-refractivity contribution in [3.63, 3.8) is 0 Å². The van der Waals surface area contributed by atoms with Crippen molar-refractivity contribution in [3.8, 4) is 6.07 Å². The second-order valence-electron chi connectivity index (χ2n) is 5.50. The van der Waals surface area contributed by atoms with Gasteiger partial charge < -0.3 is 4.90 Å². The number of benzene rings is 2. The summed E-state index contributed by atoms with van der Waals surface area (Å²) >= 11 is 0. The normalized spacial score (nSPS) is 16.0. The first-order chi connectivity index (χ1) is 11.6. The molecule has 0 unspecified atom stereocenters. The fraction of sp³-hybridized carbons (Fsp3) is 0.118. The number of rotatable bonds is 1. The lowest BCUT2D eigenvalue weighted by Crippen LogP contribution is -2.21. The van der Waals surface area contributed by atoms with E-state index in [-0.39, 0.29) is 16.3 Å². The molecule has 1 aliphatic rings. The van der Waals surface area contributed by atoms with E-state index in [0.29, 0.717) is 0 Å². The van der Waals surface area contributed by atoms with Crippen LogP contribution in [0.5, 0.6) is 0 Å². The summed E-state index contributed by atoms with van der Waals surface area (Å²) < 4.78 is 63.8. The van der Waals surface area contributed by atoms with E-state index in [0.717, 1.165) is 23.9 Å². The molecule has 1 heterocycles. The van der Waals surface area contributed by atoms with E-state index in [1.807, 2.05) is 0 Å². The number of hydrogen-bond donors (Lipinski definition) is 0. The zero-order chi connectivity index (χ0) is 18.4. The van der Waals surface area contributed by atoms with Crippen LogP contribution in [0.3, 0.4) is 0 Å². The summed E-state index contributed by atoms with van der Waals surface area (Å²) in [7, 11) is -3.99. The fourth-order valence-corrected chi connectivity index (χ4v) is 3.83. The second kappa shape index (κ2) is 5.63. The van der Waals surface area contributed by atoms with Crippen LogP contribution >= 0.6 is 0 Å². The van der Waals surface area contributed by atoms with Crippen LogP contribution in [-0.2, 0) is 16.0 Å². The third kappa shape index (κ3) is 2.87. The van der Waals surface area contributed by atoms with E-state index in [9.17, 15) is 21.6 Å². The van der Waals surface area contributed by atoms with Gasteiger partial charge in [0.05, 0.1) is 16.1 Å². The summed E-state index contributed by atoms with van der Waals surface area (Å²) in [5, 5.41) is 9.15. The summed E-state index contributed by atoms with van der Waals surface area (Å²) in [5.41, 5.74) is 0.196. The molecule has 0 radical (unpaired) electrons. The van der Waals surface area contributed by atoms with Crippen molar-refractivity contribution in [2.45, 2.75) is 18.0 Å². The van der Waals surface area contributed by atoms with Crippen LogP contribution in [-0.4, -0.2) is 8.42 Å². The second-order valence-corrected chi connectivity index (χ2v) is 7.38. The average Bonchev–Trinajstić information content (AvgIpc) is 2.54. The van der Waals surface area contributed by atoms with Crippen LogP contribution in [0.4, 0.5) is 24.5 Å². The number of nitriles is 1. The van der Waals surface area contributed by atoms with Crippen LogP contribution in [0.25, 0.3) is 0 Å². The standard InChI is InChI=1S/C17H11F3N2O2S/c1-11-5-6-16-15(7-11)22(10-14(9-21)25(16,23)24)13-4-2-3-12(8-13)17(18,19)20/h2-8,10H,1H3. The summed E-state index contributed by atoms with van der Waals surface area (Å²) in [6.45, 7) is 1.74. The molecule has 128 valence electrons. The highest BCUT2D eigenvalue weighted by molar-refractivity contribution is 7.95. The molecule has 0 atom stereocenters. The lowest BCUT2D eigenvalue weighted by Gasteiger charge is -2.28. The third-order valence-corrected chi connectivity index (χ3v) is 5.46. The zero-order valence-electron chi connectivity index (χ0n) is 12.9. The van der Waals surface area contributed by atoms with Crippen molar-refractivity contribution in [1.29, 1.82) is 5.26 Å². The first-order valence-electron chi connectivity index (χ1n) is 7.09. The largest absolute Gasteiger partial charge is 0.416 e. The Bertz CT molecular complexity index is 1030.